The first-order valence-corrected chi connectivity index (χ1v) is 9.86. The first-order valence-electron chi connectivity index (χ1n) is 8.98. The van der Waals surface area contributed by atoms with Crippen LogP contribution in [0.1, 0.15) is 23.8 Å². The first kappa shape index (κ1) is 23.7. The third-order valence-corrected chi connectivity index (χ3v) is 5.64. The lowest BCUT2D eigenvalue weighted by atomic mass is 9.88. The molecule has 1 aliphatic heterocycles. The van der Waals surface area contributed by atoms with Gasteiger partial charge >= 0.3 is 6.36 Å². The number of nitrogens with two attached hydrogens (primary N) is 1. The highest BCUT2D eigenvalue weighted by Gasteiger charge is 2.31. The third kappa shape index (κ3) is 7.03. The normalized spacial score (nSPS) is 20.8. The second kappa shape index (κ2) is 10.5. The number of likely N-dealkylation sites (tertiary alicyclic amines) is 1. The number of aliphatic imine (C=N–C) groups is 1. The second-order valence-corrected chi connectivity index (χ2v) is 7.75. The summed E-state index contributed by atoms with van der Waals surface area (Å²) in [5.41, 5.74) is 6.53. The summed E-state index contributed by atoms with van der Waals surface area (Å²) in [4.78, 5) is 8.16. The molecule has 3 rings (SSSR count). The fourth-order valence-electron chi connectivity index (χ4n) is 3.50. The molecule has 0 spiro atoms. The van der Waals surface area contributed by atoms with Crippen LogP contribution in [-0.4, -0.2) is 37.4 Å². The minimum atomic E-state index is -4.71. The zero-order valence-electron chi connectivity index (χ0n) is 15.9. The van der Waals surface area contributed by atoms with Gasteiger partial charge in [0.15, 0.2) is 5.96 Å². The van der Waals surface area contributed by atoms with E-state index in [-0.39, 0.29) is 35.7 Å². The average Bonchev–Trinajstić information content (AvgIpc) is 3.14. The van der Waals surface area contributed by atoms with Gasteiger partial charge in [0.2, 0.25) is 0 Å². The van der Waals surface area contributed by atoms with Crippen molar-refractivity contribution >= 4 is 47.0 Å². The Morgan fingerprint density at radius 2 is 2.03 bits per heavy atom. The number of anilines is 1. The maximum absolute atomic E-state index is 12.2. The van der Waals surface area contributed by atoms with Crippen LogP contribution in [-0.2, 0) is 0 Å². The van der Waals surface area contributed by atoms with Gasteiger partial charge in [0, 0.05) is 23.2 Å². The van der Waals surface area contributed by atoms with E-state index >= 15 is 0 Å². The van der Waals surface area contributed by atoms with Gasteiger partial charge in [-0.05, 0) is 68.1 Å². The van der Waals surface area contributed by atoms with Crippen molar-refractivity contribution in [2.24, 2.45) is 16.6 Å². The molecule has 2 atom stereocenters. The number of hydrogen-bond donors (Lipinski definition) is 2. The Balaban J connectivity index is 0.00000300. The molecule has 0 bridgehead atoms. The van der Waals surface area contributed by atoms with E-state index in [1.165, 1.54) is 29.1 Å². The van der Waals surface area contributed by atoms with Crippen LogP contribution < -0.4 is 15.8 Å². The van der Waals surface area contributed by atoms with E-state index in [9.17, 15) is 13.2 Å². The molecular weight excluding hydrogens is 516 g/mol. The first-order chi connectivity index (χ1) is 13.3. The lowest BCUT2D eigenvalue weighted by Crippen LogP contribution is -2.37. The molecule has 1 aromatic carbocycles. The van der Waals surface area contributed by atoms with E-state index in [1.807, 2.05) is 0 Å². The molecule has 2 heterocycles. The van der Waals surface area contributed by atoms with Crippen molar-refractivity contribution < 1.29 is 17.9 Å². The van der Waals surface area contributed by atoms with Gasteiger partial charge < -0.3 is 15.8 Å². The summed E-state index contributed by atoms with van der Waals surface area (Å²) in [6, 6.07) is 9.92. The number of ether oxygens (including phenoxy) is 1. The Kier molecular flexibility index (Phi) is 8.58. The summed E-state index contributed by atoms with van der Waals surface area (Å²) in [6.45, 7) is 1.64. The maximum Gasteiger partial charge on any atom is 0.573 e. The number of nitrogens with one attached hydrogen (secondary N) is 1. The van der Waals surface area contributed by atoms with Gasteiger partial charge in [-0.15, -0.1) is 48.5 Å². The van der Waals surface area contributed by atoms with Crippen LogP contribution >= 0.6 is 35.3 Å². The van der Waals surface area contributed by atoms with E-state index in [2.05, 4.69) is 44.5 Å². The molecule has 2 unspecified atom stereocenters. The fourth-order valence-corrected chi connectivity index (χ4v) is 4.49. The Bertz CT molecular complexity index is 784. The Morgan fingerprint density at radius 3 is 2.66 bits per heavy atom. The van der Waals surface area contributed by atoms with E-state index in [4.69, 9.17) is 5.73 Å². The minimum absolute atomic E-state index is 0. The standard InChI is InChI=1S/C19H23F3N4OS.HI/c1-26-10-2-4-13(17(26)16-5-3-11-28-16)12-24-18(23)25-14-6-8-15(9-7-14)27-19(20,21)22;/h3,5-9,11,13,17H,2,4,10,12H2,1H3,(H3,23,24,25);1H. The van der Waals surface area contributed by atoms with Gasteiger partial charge in [-0.1, -0.05) is 6.07 Å². The molecule has 3 N–H and O–H groups in total. The van der Waals surface area contributed by atoms with Crippen LogP contribution in [0.3, 0.4) is 0 Å². The summed E-state index contributed by atoms with van der Waals surface area (Å²) in [5, 5.41) is 5.00. The quantitative estimate of drug-likeness (QED) is 0.316. The third-order valence-electron chi connectivity index (χ3n) is 4.70. The summed E-state index contributed by atoms with van der Waals surface area (Å²) in [6.07, 6.45) is -2.51. The van der Waals surface area contributed by atoms with Crippen LogP contribution in [0.2, 0.25) is 0 Å². The molecule has 0 amide bonds. The molecule has 1 aliphatic rings. The zero-order chi connectivity index (χ0) is 20.1. The molecule has 160 valence electrons. The highest BCUT2D eigenvalue weighted by Crippen LogP contribution is 2.37. The molecule has 0 saturated carbocycles. The van der Waals surface area contributed by atoms with Crippen LogP contribution in [0, 0.1) is 5.92 Å². The molecule has 0 radical (unpaired) electrons. The molecular formula is C19H24F3IN4OS. The van der Waals surface area contributed by atoms with Gasteiger partial charge in [0.05, 0.1) is 0 Å². The number of benzene rings is 1. The Morgan fingerprint density at radius 1 is 1.31 bits per heavy atom. The van der Waals surface area contributed by atoms with Gasteiger partial charge in [0.1, 0.15) is 5.75 Å². The largest absolute Gasteiger partial charge is 0.573 e. The van der Waals surface area contributed by atoms with Gasteiger partial charge in [-0.25, -0.2) is 0 Å². The Labute approximate surface area is 189 Å². The van der Waals surface area contributed by atoms with Crippen molar-refractivity contribution in [3.05, 3.63) is 46.7 Å². The summed E-state index contributed by atoms with van der Waals surface area (Å²) in [7, 11) is 2.13. The smallest absolute Gasteiger partial charge is 0.406 e. The number of piperidine rings is 1. The molecule has 10 heteroatoms. The molecule has 29 heavy (non-hydrogen) atoms. The predicted molar refractivity (Wildman–Crippen MR) is 121 cm³/mol. The number of rotatable bonds is 5. The minimum Gasteiger partial charge on any atom is -0.406 e. The van der Waals surface area contributed by atoms with Crippen molar-refractivity contribution in [3.63, 3.8) is 0 Å². The fraction of sp³-hybridized carbons (Fsp3) is 0.421. The molecule has 0 aliphatic carbocycles. The summed E-state index contributed by atoms with van der Waals surface area (Å²) >= 11 is 1.75. The number of thiophene rings is 1. The molecule has 5 nitrogen and oxygen atoms in total. The van der Waals surface area contributed by atoms with Crippen LogP contribution in [0.15, 0.2) is 46.8 Å². The van der Waals surface area contributed by atoms with Crippen LogP contribution in [0.5, 0.6) is 5.75 Å². The predicted octanol–water partition coefficient (Wildman–Crippen LogP) is 5.07. The van der Waals surface area contributed by atoms with Crippen molar-refractivity contribution in [1.82, 2.24) is 4.90 Å². The number of halogens is 4. The van der Waals surface area contributed by atoms with Crippen LogP contribution in [0.25, 0.3) is 0 Å². The lowest BCUT2D eigenvalue weighted by Gasteiger charge is -2.38. The van der Waals surface area contributed by atoms with E-state index < -0.39 is 6.36 Å². The monoisotopic (exact) mass is 540 g/mol. The van der Waals surface area contributed by atoms with Crippen molar-refractivity contribution in [2.75, 3.05) is 25.5 Å². The number of hydrogen-bond acceptors (Lipinski definition) is 4. The lowest BCUT2D eigenvalue weighted by molar-refractivity contribution is -0.274. The van der Waals surface area contributed by atoms with E-state index in [0.717, 1.165) is 19.4 Å². The SMILES string of the molecule is CN1CCCC(CN=C(N)Nc2ccc(OC(F)(F)F)cc2)C1c1cccs1.I. The second-order valence-electron chi connectivity index (χ2n) is 6.77. The molecule has 1 aromatic heterocycles. The molecule has 1 saturated heterocycles. The van der Waals surface area contributed by atoms with Gasteiger partial charge in [-0.2, -0.15) is 0 Å². The van der Waals surface area contributed by atoms with Gasteiger partial charge in [0.25, 0.3) is 0 Å². The summed E-state index contributed by atoms with van der Waals surface area (Å²) in [5.74, 6) is 0.320. The Hall–Kier alpha value is -1.53. The highest BCUT2D eigenvalue weighted by atomic mass is 127. The zero-order valence-corrected chi connectivity index (χ0v) is 19.0. The molecule has 1 fully saturated rings. The molecule has 2 aromatic rings. The van der Waals surface area contributed by atoms with Crippen molar-refractivity contribution in [2.45, 2.75) is 25.2 Å². The topological polar surface area (TPSA) is 62.9 Å². The van der Waals surface area contributed by atoms with E-state index in [0.29, 0.717) is 24.2 Å². The van der Waals surface area contributed by atoms with E-state index in [1.54, 1.807) is 11.3 Å². The average molecular weight is 540 g/mol. The number of alkyl halides is 3. The maximum atomic E-state index is 12.2. The van der Waals surface area contributed by atoms with Gasteiger partial charge in [-0.3, -0.25) is 9.89 Å². The summed E-state index contributed by atoms with van der Waals surface area (Å²) < 4.78 is 40.5. The highest BCUT2D eigenvalue weighted by molar-refractivity contribution is 14.0. The van der Waals surface area contributed by atoms with Crippen LogP contribution in [0.4, 0.5) is 18.9 Å². The van der Waals surface area contributed by atoms with Crippen molar-refractivity contribution in [3.8, 4) is 5.75 Å². The van der Waals surface area contributed by atoms with Crippen molar-refractivity contribution in [1.29, 1.82) is 0 Å². The number of nitrogens with zero attached hydrogens (tertiary/aromatic N) is 2. The number of guanidine groups is 1.